The van der Waals surface area contributed by atoms with E-state index in [9.17, 15) is 9.59 Å². The van der Waals surface area contributed by atoms with Crippen LogP contribution in [0.4, 0.5) is 11.5 Å². The Morgan fingerprint density at radius 3 is 2.66 bits per heavy atom. The number of amides is 2. The third-order valence-corrected chi connectivity index (χ3v) is 6.31. The van der Waals surface area contributed by atoms with E-state index in [4.69, 9.17) is 4.74 Å². The van der Waals surface area contributed by atoms with Gasteiger partial charge >= 0.3 is 0 Å². The number of rotatable bonds is 5. The summed E-state index contributed by atoms with van der Waals surface area (Å²) in [6.07, 6.45) is 5.07. The van der Waals surface area contributed by atoms with Crippen molar-refractivity contribution >= 4 is 23.3 Å². The lowest BCUT2D eigenvalue weighted by Gasteiger charge is -2.34. The van der Waals surface area contributed by atoms with Crippen LogP contribution in [0.15, 0.2) is 30.6 Å². The molecule has 2 saturated heterocycles. The molecule has 0 spiro atoms. The molecule has 1 aromatic heterocycles. The highest BCUT2D eigenvalue weighted by molar-refractivity contribution is 6.00. The van der Waals surface area contributed by atoms with Gasteiger partial charge in [-0.05, 0) is 49.9 Å². The fourth-order valence-corrected chi connectivity index (χ4v) is 4.37. The second-order valence-electron chi connectivity index (χ2n) is 8.92. The lowest BCUT2D eigenvalue weighted by molar-refractivity contribution is -0.138. The summed E-state index contributed by atoms with van der Waals surface area (Å²) in [6.45, 7) is 5.70. The molecule has 2 aliphatic rings. The minimum absolute atomic E-state index is 0.00611. The van der Waals surface area contributed by atoms with E-state index in [1.54, 1.807) is 17.3 Å². The molecule has 0 radical (unpaired) electrons. The van der Waals surface area contributed by atoms with Crippen molar-refractivity contribution in [2.45, 2.75) is 39.2 Å². The molecule has 2 fully saturated rings. The summed E-state index contributed by atoms with van der Waals surface area (Å²) >= 11 is 0. The summed E-state index contributed by atoms with van der Waals surface area (Å²) in [7, 11) is 3.79. The summed E-state index contributed by atoms with van der Waals surface area (Å²) in [4.78, 5) is 40.1. The molecule has 0 aliphatic carbocycles. The number of anilines is 2. The molecule has 8 nitrogen and oxygen atoms in total. The van der Waals surface area contributed by atoms with Crippen molar-refractivity contribution in [3.8, 4) is 5.88 Å². The molecule has 2 amide bonds. The van der Waals surface area contributed by atoms with E-state index in [-0.39, 0.29) is 30.3 Å². The predicted octanol–water partition coefficient (Wildman–Crippen LogP) is 2.58. The average molecular weight is 438 g/mol. The monoisotopic (exact) mass is 437 g/mol. The SMILES string of the molecule is Cc1ccc(N2CC(C(=O)N3CCCC(Oc4nccnc4N(C)C)C3)CC2=O)cc1C. The van der Waals surface area contributed by atoms with Gasteiger partial charge in [-0.25, -0.2) is 9.97 Å². The normalized spacial score (nSPS) is 21.1. The second-order valence-corrected chi connectivity index (χ2v) is 8.92. The van der Waals surface area contributed by atoms with Crippen LogP contribution in [0.3, 0.4) is 0 Å². The van der Waals surface area contributed by atoms with Crippen molar-refractivity contribution in [2.75, 3.05) is 43.5 Å². The van der Waals surface area contributed by atoms with Crippen LogP contribution < -0.4 is 14.5 Å². The van der Waals surface area contributed by atoms with Crippen molar-refractivity contribution in [1.29, 1.82) is 0 Å². The minimum Gasteiger partial charge on any atom is -0.470 e. The molecule has 170 valence electrons. The van der Waals surface area contributed by atoms with Gasteiger partial charge in [-0.1, -0.05) is 6.07 Å². The van der Waals surface area contributed by atoms with Crippen LogP contribution in [0.2, 0.25) is 0 Å². The first kappa shape index (κ1) is 22.0. The van der Waals surface area contributed by atoms with E-state index in [0.717, 1.165) is 24.1 Å². The Balaban J connectivity index is 1.41. The van der Waals surface area contributed by atoms with Crippen LogP contribution in [0.25, 0.3) is 0 Å². The minimum atomic E-state index is -0.322. The number of hydrogen-bond acceptors (Lipinski definition) is 6. The zero-order valence-corrected chi connectivity index (χ0v) is 19.2. The molecule has 4 rings (SSSR count). The van der Waals surface area contributed by atoms with Crippen molar-refractivity contribution < 1.29 is 14.3 Å². The first-order valence-electron chi connectivity index (χ1n) is 11.1. The van der Waals surface area contributed by atoms with Crippen LogP contribution in [0.5, 0.6) is 5.88 Å². The predicted molar refractivity (Wildman–Crippen MR) is 123 cm³/mol. The molecule has 1 aromatic carbocycles. The average Bonchev–Trinajstić information content (AvgIpc) is 3.17. The van der Waals surface area contributed by atoms with E-state index < -0.39 is 0 Å². The standard InChI is InChI=1S/C24H31N5O3/c1-16-7-8-19(12-17(16)2)29-14-18(13-21(29)30)24(31)28-11-5-6-20(15-28)32-23-22(27(3)4)25-9-10-26-23/h7-10,12,18,20H,5-6,11,13-15H2,1-4H3. The van der Waals surface area contributed by atoms with E-state index in [1.807, 2.05) is 49.0 Å². The maximum atomic E-state index is 13.3. The lowest BCUT2D eigenvalue weighted by atomic mass is 10.0. The largest absolute Gasteiger partial charge is 0.470 e. The van der Waals surface area contributed by atoms with Gasteiger partial charge in [0, 0.05) is 51.7 Å². The number of carbonyl (C=O) groups excluding carboxylic acids is 2. The van der Waals surface area contributed by atoms with Crippen molar-refractivity contribution in [2.24, 2.45) is 5.92 Å². The Morgan fingerprint density at radius 2 is 1.91 bits per heavy atom. The molecule has 2 aromatic rings. The van der Waals surface area contributed by atoms with Crippen LogP contribution in [-0.4, -0.2) is 66.5 Å². The fraction of sp³-hybridized carbons (Fsp3) is 0.500. The Bertz CT molecular complexity index is 1010. The summed E-state index contributed by atoms with van der Waals surface area (Å²) < 4.78 is 6.14. The number of aromatic nitrogens is 2. The molecule has 2 aliphatic heterocycles. The van der Waals surface area contributed by atoms with Crippen LogP contribution >= 0.6 is 0 Å². The number of ether oxygens (including phenoxy) is 1. The topological polar surface area (TPSA) is 78.9 Å². The first-order valence-corrected chi connectivity index (χ1v) is 11.1. The van der Waals surface area contributed by atoms with Gasteiger partial charge in [0.05, 0.1) is 12.5 Å². The van der Waals surface area contributed by atoms with Gasteiger partial charge in [0.25, 0.3) is 5.88 Å². The highest BCUT2D eigenvalue weighted by Crippen LogP contribution is 2.29. The van der Waals surface area contributed by atoms with Gasteiger partial charge in [0.15, 0.2) is 5.82 Å². The smallest absolute Gasteiger partial charge is 0.257 e. The molecule has 0 N–H and O–H groups in total. The van der Waals surface area contributed by atoms with E-state index >= 15 is 0 Å². The Kier molecular flexibility index (Phi) is 6.30. The Labute approximate surface area is 189 Å². The van der Waals surface area contributed by atoms with Crippen molar-refractivity contribution in [3.63, 3.8) is 0 Å². The molecular weight excluding hydrogens is 406 g/mol. The fourth-order valence-electron chi connectivity index (χ4n) is 4.37. The Hall–Kier alpha value is -3.16. The molecule has 2 unspecified atom stereocenters. The number of nitrogens with zero attached hydrogens (tertiary/aromatic N) is 5. The molecule has 32 heavy (non-hydrogen) atoms. The molecule has 2 atom stereocenters. The number of benzene rings is 1. The zero-order chi connectivity index (χ0) is 22.8. The number of likely N-dealkylation sites (tertiary alicyclic amines) is 1. The van der Waals surface area contributed by atoms with Crippen LogP contribution in [0, 0.1) is 19.8 Å². The zero-order valence-electron chi connectivity index (χ0n) is 19.2. The third-order valence-electron chi connectivity index (χ3n) is 6.31. The number of carbonyl (C=O) groups is 2. The van der Waals surface area contributed by atoms with Gasteiger partial charge in [-0.15, -0.1) is 0 Å². The second kappa shape index (κ2) is 9.14. The van der Waals surface area contributed by atoms with Gasteiger partial charge in [-0.3, -0.25) is 9.59 Å². The van der Waals surface area contributed by atoms with E-state index in [1.165, 1.54) is 5.56 Å². The first-order chi connectivity index (χ1) is 15.3. The summed E-state index contributed by atoms with van der Waals surface area (Å²) in [6, 6.07) is 6.00. The van der Waals surface area contributed by atoms with Gasteiger partial charge in [-0.2, -0.15) is 0 Å². The molecule has 0 bridgehead atoms. The quantitative estimate of drug-likeness (QED) is 0.716. The molecular formula is C24H31N5O3. The molecule has 8 heteroatoms. The van der Waals surface area contributed by atoms with E-state index in [0.29, 0.717) is 31.3 Å². The van der Waals surface area contributed by atoms with Crippen molar-refractivity contribution in [1.82, 2.24) is 14.9 Å². The third kappa shape index (κ3) is 4.54. The Morgan fingerprint density at radius 1 is 1.12 bits per heavy atom. The molecule has 3 heterocycles. The van der Waals surface area contributed by atoms with Crippen LogP contribution in [0.1, 0.15) is 30.4 Å². The van der Waals surface area contributed by atoms with Crippen LogP contribution in [-0.2, 0) is 9.59 Å². The van der Waals surface area contributed by atoms with Crippen molar-refractivity contribution in [3.05, 3.63) is 41.7 Å². The number of hydrogen-bond donors (Lipinski definition) is 0. The van der Waals surface area contributed by atoms with Gasteiger partial charge in [0.2, 0.25) is 11.8 Å². The highest BCUT2D eigenvalue weighted by atomic mass is 16.5. The lowest BCUT2D eigenvalue weighted by Crippen LogP contribution is -2.47. The highest BCUT2D eigenvalue weighted by Gasteiger charge is 2.38. The van der Waals surface area contributed by atoms with Gasteiger partial charge < -0.3 is 19.4 Å². The molecule has 0 saturated carbocycles. The maximum absolute atomic E-state index is 13.3. The number of aryl methyl sites for hydroxylation is 2. The van der Waals surface area contributed by atoms with E-state index in [2.05, 4.69) is 16.9 Å². The maximum Gasteiger partial charge on any atom is 0.257 e. The summed E-state index contributed by atoms with van der Waals surface area (Å²) in [5.74, 6) is 0.864. The van der Waals surface area contributed by atoms with Gasteiger partial charge in [0.1, 0.15) is 6.10 Å². The summed E-state index contributed by atoms with van der Waals surface area (Å²) in [5, 5.41) is 0. The number of piperidine rings is 1. The summed E-state index contributed by atoms with van der Waals surface area (Å²) in [5.41, 5.74) is 3.20.